The maximum Gasteiger partial charge on any atom is 0.216 e. The maximum atomic E-state index is 5.62. The molecule has 1 aliphatic heterocycles. The standard InChI is InChI=1S/C12H19N3O2/c1-2-3-10-6-12(15-9-14-10)17-8-11-7-13-4-5-16-11/h6,9,11,13H,2-5,7-8H2,1H3. The van der Waals surface area contributed by atoms with Gasteiger partial charge in [0.1, 0.15) is 19.0 Å². The fourth-order valence-corrected chi connectivity index (χ4v) is 1.75. The maximum absolute atomic E-state index is 5.62. The quantitative estimate of drug-likeness (QED) is 0.820. The molecule has 94 valence electrons. The zero-order valence-electron chi connectivity index (χ0n) is 10.2. The van der Waals surface area contributed by atoms with Crippen LogP contribution in [0.3, 0.4) is 0 Å². The molecule has 0 radical (unpaired) electrons. The van der Waals surface area contributed by atoms with Gasteiger partial charge in [0.2, 0.25) is 5.88 Å². The summed E-state index contributed by atoms with van der Waals surface area (Å²) < 4.78 is 11.2. The average molecular weight is 237 g/mol. The topological polar surface area (TPSA) is 56.3 Å². The van der Waals surface area contributed by atoms with Crippen molar-refractivity contribution in [2.75, 3.05) is 26.3 Å². The van der Waals surface area contributed by atoms with Crippen LogP contribution in [0.15, 0.2) is 12.4 Å². The van der Waals surface area contributed by atoms with Gasteiger partial charge in [0.15, 0.2) is 0 Å². The van der Waals surface area contributed by atoms with Gasteiger partial charge in [-0.15, -0.1) is 0 Å². The van der Waals surface area contributed by atoms with Crippen LogP contribution in [0.25, 0.3) is 0 Å². The number of ether oxygens (including phenoxy) is 2. The first-order valence-electron chi connectivity index (χ1n) is 6.14. The summed E-state index contributed by atoms with van der Waals surface area (Å²) in [6.07, 6.45) is 3.71. The Balaban J connectivity index is 1.83. The zero-order chi connectivity index (χ0) is 11.9. The Morgan fingerprint density at radius 1 is 1.53 bits per heavy atom. The summed E-state index contributed by atoms with van der Waals surface area (Å²) >= 11 is 0. The van der Waals surface area contributed by atoms with Gasteiger partial charge in [-0.05, 0) is 6.42 Å². The zero-order valence-corrected chi connectivity index (χ0v) is 10.2. The summed E-state index contributed by atoms with van der Waals surface area (Å²) in [4.78, 5) is 8.29. The molecular formula is C12H19N3O2. The second kappa shape index (κ2) is 6.51. The van der Waals surface area contributed by atoms with Crippen molar-refractivity contribution >= 4 is 0 Å². The number of aryl methyl sites for hydroxylation is 1. The Morgan fingerprint density at radius 3 is 3.24 bits per heavy atom. The van der Waals surface area contributed by atoms with Gasteiger partial charge < -0.3 is 14.8 Å². The van der Waals surface area contributed by atoms with Gasteiger partial charge >= 0.3 is 0 Å². The summed E-state index contributed by atoms with van der Waals surface area (Å²) in [6, 6.07) is 1.90. The highest BCUT2D eigenvalue weighted by atomic mass is 16.5. The highest BCUT2D eigenvalue weighted by molar-refractivity contribution is 5.13. The number of aromatic nitrogens is 2. The van der Waals surface area contributed by atoms with E-state index in [0.29, 0.717) is 12.5 Å². The lowest BCUT2D eigenvalue weighted by atomic mass is 10.2. The molecule has 2 heterocycles. The van der Waals surface area contributed by atoms with Crippen molar-refractivity contribution in [2.24, 2.45) is 0 Å². The molecule has 1 aromatic rings. The van der Waals surface area contributed by atoms with E-state index in [-0.39, 0.29) is 6.10 Å². The van der Waals surface area contributed by atoms with E-state index in [2.05, 4.69) is 22.2 Å². The molecule has 1 aliphatic rings. The number of nitrogens with one attached hydrogen (secondary N) is 1. The van der Waals surface area contributed by atoms with E-state index in [0.717, 1.165) is 38.2 Å². The molecule has 17 heavy (non-hydrogen) atoms. The number of nitrogens with zero attached hydrogens (tertiary/aromatic N) is 2. The first kappa shape index (κ1) is 12.3. The molecule has 1 fully saturated rings. The molecule has 0 spiro atoms. The Morgan fingerprint density at radius 2 is 2.47 bits per heavy atom. The molecule has 0 aliphatic carbocycles. The summed E-state index contributed by atoms with van der Waals surface area (Å²) in [7, 11) is 0. The predicted molar refractivity (Wildman–Crippen MR) is 64.1 cm³/mol. The number of hydrogen-bond donors (Lipinski definition) is 1. The fourth-order valence-electron chi connectivity index (χ4n) is 1.75. The largest absolute Gasteiger partial charge is 0.475 e. The molecule has 1 unspecified atom stereocenters. The van der Waals surface area contributed by atoms with Crippen LogP contribution in [-0.4, -0.2) is 42.4 Å². The molecule has 2 rings (SSSR count). The Bertz CT molecular complexity index is 340. The summed E-state index contributed by atoms with van der Waals surface area (Å²) in [5.41, 5.74) is 1.03. The van der Waals surface area contributed by atoms with Crippen molar-refractivity contribution in [2.45, 2.75) is 25.9 Å². The number of morpholine rings is 1. The third-order valence-electron chi connectivity index (χ3n) is 2.63. The van der Waals surface area contributed by atoms with Crippen molar-refractivity contribution in [3.8, 4) is 5.88 Å². The summed E-state index contributed by atoms with van der Waals surface area (Å²) in [5, 5.41) is 3.27. The minimum atomic E-state index is 0.119. The molecule has 0 aromatic carbocycles. The van der Waals surface area contributed by atoms with Crippen molar-refractivity contribution < 1.29 is 9.47 Å². The first-order valence-corrected chi connectivity index (χ1v) is 6.14. The normalized spacial score (nSPS) is 20.2. The van der Waals surface area contributed by atoms with Gasteiger partial charge in [-0.1, -0.05) is 13.3 Å². The first-order chi connectivity index (χ1) is 8.38. The van der Waals surface area contributed by atoms with Crippen LogP contribution in [-0.2, 0) is 11.2 Å². The number of rotatable bonds is 5. The summed E-state index contributed by atoms with van der Waals surface area (Å²) in [5.74, 6) is 0.637. The van der Waals surface area contributed by atoms with Crippen LogP contribution >= 0.6 is 0 Å². The third-order valence-corrected chi connectivity index (χ3v) is 2.63. The Hall–Kier alpha value is -1.20. The third kappa shape index (κ3) is 3.94. The van der Waals surface area contributed by atoms with E-state index < -0.39 is 0 Å². The van der Waals surface area contributed by atoms with Crippen molar-refractivity contribution in [3.63, 3.8) is 0 Å². The van der Waals surface area contributed by atoms with Crippen LogP contribution in [0.1, 0.15) is 19.0 Å². The fraction of sp³-hybridized carbons (Fsp3) is 0.667. The highest BCUT2D eigenvalue weighted by Crippen LogP contribution is 2.09. The molecule has 1 atom stereocenters. The smallest absolute Gasteiger partial charge is 0.216 e. The molecule has 5 nitrogen and oxygen atoms in total. The van der Waals surface area contributed by atoms with Crippen LogP contribution in [0.5, 0.6) is 5.88 Å². The molecule has 1 saturated heterocycles. The second-order valence-electron chi connectivity index (χ2n) is 4.11. The van der Waals surface area contributed by atoms with Crippen molar-refractivity contribution in [1.29, 1.82) is 0 Å². The minimum Gasteiger partial charge on any atom is -0.475 e. The molecule has 1 N–H and O–H groups in total. The molecule has 0 bridgehead atoms. The molecule has 5 heteroatoms. The molecule has 1 aromatic heterocycles. The lowest BCUT2D eigenvalue weighted by Crippen LogP contribution is -2.41. The lowest BCUT2D eigenvalue weighted by molar-refractivity contribution is -0.000792. The van der Waals surface area contributed by atoms with E-state index in [1.165, 1.54) is 0 Å². The number of hydrogen-bond acceptors (Lipinski definition) is 5. The van der Waals surface area contributed by atoms with E-state index in [1.54, 1.807) is 6.33 Å². The van der Waals surface area contributed by atoms with Crippen molar-refractivity contribution in [1.82, 2.24) is 15.3 Å². The van der Waals surface area contributed by atoms with E-state index in [9.17, 15) is 0 Å². The van der Waals surface area contributed by atoms with Crippen LogP contribution in [0.4, 0.5) is 0 Å². The average Bonchev–Trinajstić information content (AvgIpc) is 2.39. The van der Waals surface area contributed by atoms with Gasteiger partial charge in [0, 0.05) is 24.8 Å². The SMILES string of the molecule is CCCc1cc(OCC2CNCCO2)ncn1. The lowest BCUT2D eigenvalue weighted by Gasteiger charge is -2.23. The van der Waals surface area contributed by atoms with Crippen LogP contribution in [0, 0.1) is 0 Å². The van der Waals surface area contributed by atoms with Gasteiger partial charge in [-0.2, -0.15) is 0 Å². The van der Waals surface area contributed by atoms with Crippen LogP contribution in [0.2, 0.25) is 0 Å². The van der Waals surface area contributed by atoms with Crippen molar-refractivity contribution in [3.05, 3.63) is 18.1 Å². The van der Waals surface area contributed by atoms with Gasteiger partial charge in [0.25, 0.3) is 0 Å². The van der Waals surface area contributed by atoms with Gasteiger partial charge in [-0.3, -0.25) is 0 Å². The summed E-state index contributed by atoms with van der Waals surface area (Å²) in [6.45, 7) is 5.18. The minimum absolute atomic E-state index is 0.119. The Labute approximate surface area is 102 Å². The molecule has 0 amide bonds. The van der Waals surface area contributed by atoms with Gasteiger partial charge in [-0.25, -0.2) is 9.97 Å². The molecule has 0 saturated carbocycles. The monoisotopic (exact) mass is 237 g/mol. The molecular weight excluding hydrogens is 218 g/mol. The second-order valence-corrected chi connectivity index (χ2v) is 4.11. The Kier molecular flexibility index (Phi) is 4.70. The predicted octanol–water partition coefficient (Wildman–Crippen LogP) is 0.796. The van der Waals surface area contributed by atoms with E-state index >= 15 is 0 Å². The van der Waals surface area contributed by atoms with E-state index in [4.69, 9.17) is 9.47 Å². The van der Waals surface area contributed by atoms with E-state index in [1.807, 2.05) is 6.07 Å². The van der Waals surface area contributed by atoms with Gasteiger partial charge in [0.05, 0.1) is 6.61 Å². The highest BCUT2D eigenvalue weighted by Gasteiger charge is 2.14. The van der Waals surface area contributed by atoms with Crippen LogP contribution < -0.4 is 10.1 Å².